The quantitative estimate of drug-likeness (QED) is 0.759. The van der Waals surface area contributed by atoms with Crippen LogP contribution in [0.5, 0.6) is 0 Å². The van der Waals surface area contributed by atoms with Crippen molar-refractivity contribution in [3.63, 3.8) is 0 Å². The molecule has 1 amide bonds. The number of hydrogen-bond acceptors (Lipinski definition) is 4. The van der Waals surface area contributed by atoms with Gasteiger partial charge in [0, 0.05) is 49.4 Å². The number of rotatable bonds is 7. The van der Waals surface area contributed by atoms with E-state index in [0.717, 1.165) is 37.8 Å². The van der Waals surface area contributed by atoms with Crippen LogP contribution in [0.2, 0.25) is 0 Å². The van der Waals surface area contributed by atoms with Crippen LogP contribution in [0.3, 0.4) is 0 Å². The van der Waals surface area contributed by atoms with Crippen LogP contribution in [0.4, 0.5) is 0 Å². The molecule has 1 saturated carbocycles. The Bertz CT molecular complexity index is 777. The number of aliphatic hydroxyl groups excluding tert-OH is 1. The van der Waals surface area contributed by atoms with E-state index in [2.05, 4.69) is 33.4 Å². The molecule has 0 radical (unpaired) electrons. The molecular weight excluding hydrogens is 362 g/mol. The van der Waals surface area contributed by atoms with Crippen LogP contribution in [0.25, 0.3) is 0 Å². The van der Waals surface area contributed by atoms with Crippen molar-refractivity contribution in [2.45, 2.75) is 56.7 Å². The Labute approximate surface area is 173 Å². The molecule has 0 spiro atoms. The van der Waals surface area contributed by atoms with Crippen LogP contribution in [0.15, 0.2) is 54.9 Å². The molecule has 3 atom stereocenters. The maximum atomic E-state index is 12.7. The fourth-order valence-corrected chi connectivity index (χ4v) is 5.05. The van der Waals surface area contributed by atoms with Crippen molar-refractivity contribution in [2.75, 3.05) is 13.2 Å². The van der Waals surface area contributed by atoms with Crippen molar-refractivity contribution in [1.82, 2.24) is 15.2 Å². The van der Waals surface area contributed by atoms with Gasteiger partial charge in [0.15, 0.2) is 0 Å². The maximum Gasteiger partial charge on any atom is 0.223 e. The highest BCUT2D eigenvalue weighted by atomic mass is 16.3. The minimum Gasteiger partial charge on any atom is -0.395 e. The van der Waals surface area contributed by atoms with Crippen LogP contribution in [-0.4, -0.2) is 46.1 Å². The number of amides is 1. The summed E-state index contributed by atoms with van der Waals surface area (Å²) in [5.74, 6) is 0.578. The van der Waals surface area contributed by atoms with Gasteiger partial charge in [0.2, 0.25) is 5.91 Å². The van der Waals surface area contributed by atoms with Crippen LogP contribution in [-0.2, 0) is 11.3 Å². The smallest absolute Gasteiger partial charge is 0.223 e. The van der Waals surface area contributed by atoms with Crippen molar-refractivity contribution in [3.05, 3.63) is 66.0 Å². The molecule has 0 unspecified atom stereocenters. The largest absolute Gasteiger partial charge is 0.395 e. The lowest BCUT2D eigenvalue weighted by Gasteiger charge is -2.55. The van der Waals surface area contributed by atoms with Crippen LogP contribution in [0, 0.1) is 5.92 Å². The third-order valence-electron chi connectivity index (χ3n) is 6.60. The second kappa shape index (κ2) is 9.51. The first-order chi connectivity index (χ1) is 14.3. The minimum absolute atomic E-state index is 0.0502. The van der Waals surface area contributed by atoms with Gasteiger partial charge in [-0.3, -0.25) is 14.7 Å². The van der Waals surface area contributed by atoms with E-state index >= 15 is 0 Å². The Morgan fingerprint density at radius 1 is 1.07 bits per heavy atom. The van der Waals surface area contributed by atoms with E-state index < -0.39 is 0 Å². The molecule has 154 valence electrons. The van der Waals surface area contributed by atoms with E-state index in [-0.39, 0.29) is 36.4 Å². The molecule has 1 aliphatic heterocycles. The molecule has 2 aromatic rings. The topological polar surface area (TPSA) is 65.5 Å². The van der Waals surface area contributed by atoms with Gasteiger partial charge >= 0.3 is 0 Å². The lowest BCUT2D eigenvalue weighted by atomic mass is 9.74. The Hall–Kier alpha value is -2.24. The van der Waals surface area contributed by atoms with Crippen molar-refractivity contribution in [3.8, 4) is 0 Å². The molecule has 4 rings (SSSR count). The highest BCUT2D eigenvalue weighted by Crippen LogP contribution is 2.41. The van der Waals surface area contributed by atoms with E-state index in [1.54, 1.807) is 6.20 Å². The average Bonchev–Trinajstić information content (AvgIpc) is 2.78. The average molecular weight is 394 g/mol. The number of nitrogens with one attached hydrogen (secondary N) is 1. The molecule has 2 N–H and O–H groups in total. The van der Waals surface area contributed by atoms with Gasteiger partial charge < -0.3 is 10.4 Å². The van der Waals surface area contributed by atoms with Crippen LogP contribution >= 0.6 is 0 Å². The first-order valence-electron chi connectivity index (χ1n) is 10.9. The predicted octanol–water partition coefficient (Wildman–Crippen LogP) is 3.11. The number of hydrogen-bond donors (Lipinski definition) is 2. The number of benzene rings is 1. The Balaban J connectivity index is 1.48. The van der Waals surface area contributed by atoms with Gasteiger partial charge in [-0.05, 0) is 30.0 Å². The van der Waals surface area contributed by atoms with Crippen molar-refractivity contribution in [1.29, 1.82) is 0 Å². The number of pyridine rings is 1. The van der Waals surface area contributed by atoms with E-state index in [4.69, 9.17) is 0 Å². The molecule has 1 saturated heterocycles. The van der Waals surface area contributed by atoms with Gasteiger partial charge in [-0.1, -0.05) is 55.7 Å². The summed E-state index contributed by atoms with van der Waals surface area (Å²) in [7, 11) is 0. The summed E-state index contributed by atoms with van der Waals surface area (Å²) in [6, 6.07) is 14.6. The molecule has 29 heavy (non-hydrogen) atoms. The van der Waals surface area contributed by atoms with Gasteiger partial charge in [0.25, 0.3) is 0 Å². The summed E-state index contributed by atoms with van der Waals surface area (Å²) in [4.78, 5) is 19.3. The van der Waals surface area contributed by atoms with E-state index in [0.29, 0.717) is 6.54 Å². The van der Waals surface area contributed by atoms with Crippen molar-refractivity contribution < 1.29 is 9.90 Å². The fraction of sp³-hybridized carbons (Fsp3) is 0.500. The fourth-order valence-electron chi connectivity index (χ4n) is 5.05. The zero-order chi connectivity index (χ0) is 20.1. The number of nitrogens with zero attached hydrogens (tertiary/aromatic N) is 2. The molecule has 5 heteroatoms. The first-order valence-corrected chi connectivity index (χ1v) is 10.9. The SMILES string of the molecule is O=C(NC[C@@H]1[C@@H](c2ccccc2)[C@@H](CO)N1Cc1cccnc1)C1CCCCC1. The Morgan fingerprint density at radius 2 is 1.86 bits per heavy atom. The molecule has 2 fully saturated rings. The van der Waals surface area contributed by atoms with Gasteiger partial charge in [0.1, 0.15) is 0 Å². The molecule has 1 aliphatic carbocycles. The highest BCUT2D eigenvalue weighted by Gasteiger charge is 2.48. The molecule has 5 nitrogen and oxygen atoms in total. The van der Waals surface area contributed by atoms with Gasteiger partial charge in [-0.15, -0.1) is 0 Å². The van der Waals surface area contributed by atoms with Crippen molar-refractivity contribution in [2.24, 2.45) is 5.92 Å². The van der Waals surface area contributed by atoms with Crippen LogP contribution in [0.1, 0.15) is 49.1 Å². The molecule has 1 aromatic carbocycles. The predicted molar refractivity (Wildman–Crippen MR) is 113 cm³/mol. The maximum absolute atomic E-state index is 12.7. The Morgan fingerprint density at radius 3 is 2.55 bits per heavy atom. The lowest BCUT2D eigenvalue weighted by molar-refractivity contribution is -0.127. The number of carbonyl (C=O) groups is 1. The molecule has 2 aliphatic rings. The number of aromatic nitrogens is 1. The lowest BCUT2D eigenvalue weighted by Crippen LogP contribution is -2.66. The first kappa shape index (κ1) is 20.0. The van der Waals surface area contributed by atoms with Gasteiger partial charge in [0.05, 0.1) is 6.61 Å². The standard InChI is InChI=1S/C24H31N3O2/c28-17-22-23(19-9-3-1-4-10-19)21(27(22)16-18-8-7-13-25-14-18)15-26-24(29)20-11-5-2-6-12-20/h1,3-4,7-10,13-14,20-23,28H,2,5-6,11-12,15-17H2,(H,26,29)/t21-,22-,23-/m1/s1. The molecule has 1 aromatic heterocycles. The summed E-state index contributed by atoms with van der Waals surface area (Å²) in [5, 5.41) is 13.4. The molecule has 0 bridgehead atoms. The molecular formula is C24H31N3O2. The van der Waals surface area contributed by atoms with Crippen LogP contribution < -0.4 is 5.32 Å². The number of carbonyl (C=O) groups excluding carboxylic acids is 1. The van der Waals surface area contributed by atoms with Gasteiger partial charge in [-0.25, -0.2) is 0 Å². The summed E-state index contributed by atoms with van der Waals surface area (Å²) < 4.78 is 0. The van der Waals surface area contributed by atoms with Gasteiger partial charge in [-0.2, -0.15) is 0 Å². The highest BCUT2D eigenvalue weighted by molar-refractivity contribution is 5.78. The third-order valence-corrected chi connectivity index (χ3v) is 6.60. The number of likely N-dealkylation sites (tertiary alicyclic amines) is 1. The normalized spacial score (nSPS) is 25.3. The zero-order valence-electron chi connectivity index (χ0n) is 16.9. The summed E-state index contributed by atoms with van der Waals surface area (Å²) in [6.45, 7) is 1.45. The minimum atomic E-state index is 0.0502. The van der Waals surface area contributed by atoms with Crippen molar-refractivity contribution >= 4 is 5.91 Å². The zero-order valence-corrected chi connectivity index (χ0v) is 16.9. The van der Waals surface area contributed by atoms with E-state index in [9.17, 15) is 9.90 Å². The monoisotopic (exact) mass is 393 g/mol. The third kappa shape index (κ3) is 4.51. The molecule has 2 heterocycles. The van der Waals surface area contributed by atoms with E-state index in [1.807, 2.05) is 30.5 Å². The second-order valence-corrected chi connectivity index (χ2v) is 8.37. The summed E-state index contributed by atoms with van der Waals surface area (Å²) in [6.07, 6.45) is 9.25. The summed E-state index contributed by atoms with van der Waals surface area (Å²) >= 11 is 0. The number of aliphatic hydroxyl groups is 1. The second-order valence-electron chi connectivity index (χ2n) is 8.37. The van der Waals surface area contributed by atoms with E-state index in [1.165, 1.54) is 12.0 Å². The Kier molecular flexibility index (Phi) is 6.57. The summed E-state index contributed by atoms with van der Waals surface area (Å²) in [5.41, 5.74) is 2.35.